The first-order chi connectivity index (χ1) is 15.2. The highest BCUT2D eigenvalue weighted by Crippen LogP contribution is 2.24. The van der Waals surface area contributed by atoms with Crippen LogP contribution < -0.4 is 15.4 Å². The summed E-state index contributed by atoms with van der Waals surface area (Å²) in [6.45, 7) is 3.66. The molecule has 0 aromatic heterocycles. The van der Waals surface area contributed by atoms with Gasteiger partial charge in [-0.05, 0) is 84.8 Å². The van der Waals surface area contributed by atoms with E-state index >= 15 is 0 Å². The predicted molar refractivity (Wildman–Crippen MR) is 129 cm³/mol. The van der Waals surface area contributed by atoms with Crippen LogP contribution in [0.2, 0.25) is 0 Å². The minimum absolute atomic E-state index is 0.0173. The van der Waals surface area contributed by atoms with Gasteiger partial charge in [0.15, 0.2) is 5.11 Å². The van der Waals surface area contributed by atoms with E-state index in [2.05, 4.69) is 20.5 Å². The molecule has 0 unspecified atom stereocenters. The van der Waals surface area contributed by atoms with Gasteiger partial charge in [0.25, 0.3) is 15.9 Å². The molecule has 0 aliphatic carbocycles. The Kier molecular flexibility index (Phi) is 6.96. The highest BCUT2D eigenvalue weighted by Gasteiger charge is 2.17. The van der Waals surface area contributed by atoms with E-state index in [1.54, 1.807) is 0 Å². The van der Waals surface area contributed by atoms with E-state index in [4.69, 9.17) is 12.2 Å². The van der Waals surface area contributed by atoms with Crippen molar-refractivity contribution in [3.05, 3.63) is 88.3 Å². The minimum Gasteiger partial charge on any atom is -0.332 e. The molecule has 0 aliphatic rings. The number of benzene rings is 3. The van der Waals surface area contributed by atoms with Gasteiger partial charge in [-0.1, -0.05) is 24.3 Å². The van der Waals surface area contributed by atoms with Gasteiger partial charge in [0.1, 0.15) is 5.69 Å². The maximum absolute atomic E-state index is 12.7. The summed E-state index contributed by atoms with van der Waals surface area (Å²) in [7, 11) is -3.78. The molecule has 3 aromatic carbocycles. The number of nitroso groups, excluding NO2 is 1. The second kappa shape index (κ2) is 9.67. The SMILES string of the molecule is Cc1cccc(C)c1NS(=O)(=O)c1ccc(NC(=S)NC(=O)c2cccc(N=O)c2)cc1. The van der Waals surface area contributed by atoms with Gasteiger partial charge in [-0.2, -0.15) is 0 Å². The molecule has 0 saturated heterocycles. The van der Waals surface area contributed by atoms with Crippen molar-refractivity contribution < 1.29 is 13.2 Å². The molecule has 3 rings (SSSR count). The van der Waals surface area contributed by atoms with Gasteiger partial charge in [-0.3, -0.25) is 14.8 Å². The molecule has 3 N–H and O–H groups in total. The Morgan fingerprint density at radius 1 is 0.938 bits per heavy atom. The average molecular weight is 469 g/mol. The Morgan fingerprint density at radius 3 is 2.19 bits per heavy atom. The standard InChI is InChI=1S/C22H20N4O4S2/c1-14-5-3-6-15(2)20(14)26-32(29,30)19-11-9-17(10-12-19)23-22(31)24-21(27)16-7-4-8-18(13-16)25-28/h3-13,26H,1-2H3,(H2,23,24,27,31). The zero-order valence-corrected chi connectivity index (χ0v) is 18.9. The Morgan fingerprint density at radius 2 is 1.56 bits per heavy atom. The topological polar surface area (TPSA) is 117 Å². The van der Waals surface area contributed by atoms with Gasteiger partial charge in [0.2, 0.25) is 0 Å². The number of para-hydroxylation sites is 1. The highest BCUT2D eigenvalue weighted by atomic mass is 32.2. The van der Waals surface area contributed by atoms with Crippen LogP contribution in [0, 0.1) is 18.8 Å². The van der Waals surface area contributed by atoms with E-state index in [1.165, 1.54) is 48.5 Å². The lowest BCUT2D eigenvalue weighted by molar-refractivity contribution is 0.0977. The molecule has 0 spiro atoms. The fourth-order valence-electron chi connectivity index (χ4n) is 2.93. The molecular weight excluding hydrogens is 448 g/mol. The third kappa shape index (κ3) is 5.54. The third-order valence-corrected chi connectivity index (χ3v) is 6.15. The fourth-order valence-corrected chi connectivity index (χ4v) is 4.34. The first kappa shape index (κ1) is 23.0. The molecule has 1 amide bonds. The summed E-state index contributed by atoms with van der Waals surface area (Å²) in [4.78, 5) is 23.0. The Labute approximate surface area is 191 Å². The predicted octanol–water partition coefficient (Wildman–Crippen LogP) is 4.63. The number of amides is 1. The van der Waals surface area contributed by atoms with Crippen molar-refractivity contribution in [2.75, 3.05) is 10.0 Å². The summed E-state index contributed by atoms with van der Waals surface area (Å²) in [5.41, 5.74) is 3.04. The molecule has 0 heterocycles. The normalized spacial score (nSPS) is 10.8. The van der Waals surface area contributed by atoms with Crippen molar-refractivity contribution in [1.82, 2.24) is 5.32 Å². The molecule has 0 saturated carbocycles. The van der Waals surface area contributed by atoms with Crippen molar-refractivity contribution in [1.29, 1.82) is 0 Å². The molecule has 0 radical (unpaired) electrons. The van der Waals surface area contributed by atoms with Crippen LogP contribution >= 0.6 is 12.2 Å². The van der Waals surface area contributed by atoms with Crippen LogP contribution in [-0.4, -0.2) is 19.4 Å². The van der Waals surface area contributed by atoms with Gasteiger partial charge >= 0.3 is 0 Å². The van der Waals surface area contributed by atoms with E-state index in [1.807, 2.05) is 32.0 Å². The van der Waals surface area contributed by atoms with Crippen molar-refractivity contribution in [2.45, 2.75) is 18.7 Å². The maximum atomic E-state index is 12.7. The summed E-state index contributed by atoms with van der Waals surface area (Å²) >= 11 is 5.14. The van der Waals surface area contributed by atoms with Gasteiger partial charge < -0.3 is 5.32 Å². The number of hydrogen-bond donors (Lipinski definition) is 3. The number of thiocarbonyl (C=S) groups is 1. The van der Waals surface area contributed by atoms with Gasteiger partial charge in [-0.15, -0.1) is 4.91 Å². The molecule has 10 heteroatoms. The summed E-state index contributed by atoms with van der Waals surface area (Å²) in [6, 6.07) is 17.3. The second-order valence-electron chi connectivity index (χ2n) is 6.95. The van der Waals surface area contributed by atoms with Crippen LogP contribution in [0.1, 0.15) is 21.5 Å². The molecule has 8 nitrogen and oxygen atoms in total. The fraction of sp³-hybridized carbons (Fsp3) is 0.0909. The lowest BCUT2D eigenvalue weighted by atomic mass is 10.1. The van der Waals surface area contributed by atoms with Crippen molar-refractivity contribution in [3.8, 4) is 0 Å². The molecule has 0 bridgehead atoms. The number of sulfonamides is 1. The molecule has 32 heavy (non-hydrogen) atoms. The zero-order chi connectivity index (χ0) is 23.3. The van der Waals surface area contributed by atoms with Crippen molar-refractivity contribution >= 4 is 50.3 Å². The lowest BCUT2D eigenvalue weighted by Gasteiger charge is -2.14. The van der Waals surface area contributed by atoms with Gasteiger partial charge in [0.05, 0.1) is 10.6 Å². The number of hydrogen-bond acceptors (Lipinski definition) is 6. The number of anilines is 2. The van der Waals surface area contributed by atoms with Crippen LogP contribution in [0.5, 0.6) is 0 Å². The molecule has 0 atom stereocenters. The van der Waals surface area contributed by atoms with Crippen LogP contribution in [-0.2, 0) is 10.0 Å². The lowest BCUT2D eigenvalue weighted by Crippen LogP contribution is -2.34. The van der Waals surface area contributed by atoms with Crippen LogP contribution in [0.3, 0.4) is 0 Å². The monoisotopic (exact) mass is 468 g/mol. The molecule has 0 fully saturated rings. The Balaban J connectivity index is 1.66. The number of aryl methyl sites for hydroxylation is 2. The van der Waals surface area contributed by atoms with E-state index < -0.39 is 15.9 Å². The first-order valence-electron chi connectivity index (χ1n) is 9.44. The Bertz CT molecular complexity index is 1270. The summed E-state index contributed by atoms with van der Waals surface area (Å²) in [5.74, 6) is -0.509. The molecule has 0 aliphatic heterocycles. The smallest absolute Gasteiger partial charge is 0.261 e. The van der Waals surface area contributed by atoms with Crippen LogP contribution in [0.4, 0.5) is 17.1 Å². The third-order valence-electron chi connectivity index (χ3n) is 4.58. The summed E-state index contributed by atoms with van der Waals surface area (Å²) in [5, 5.41) is 8.12. The Hall–Kier alpha value is -3.63. The average Bonchev–Trinajstić information content (AvgIpc) is 2.76. The number of carbonyl (C=O) groups is 1. The number of nitrogens with one attached hydrogen (secondary N) is 3. The largest absolute Gasteiger partial charge is 0.332 e. The van der Waals surface area contributed by atoms with Gasteiger partial charge in [0, 0.05) is 11.3 Å². The number of nitrogens with zero attached hydrogens (tertiary/aromatic N) is 1. The van der Waals surface area contributed by atoms with Crippen LogP contribution in [0.25, 0.3) is 0 Å². The van der Waals surface area contributed by atoms with Crippen molar-refractivity contribution in [2.24, 2.45) is 5.18 Å². The molecule has 164 valence electrons. The zero-order valence-electron chi connectivity index (χ0n) is 17.2. The number of carbonyl (C=O) groups excluding carboxylic acids is 1. The van der Waals surface area contributed by atoms with Crippen LogP contribution in [0.15, 0.2) is 76.8 Å². The maximum Gasteiger partial charge on any atom is 0.261 e. The molecular formula is C22H20N4O4S2. The highest BCUT2D eigenvalue weighted by molar-refractivity contribution is 7.92. The first-order valence-corrected chi connectivity index (χ1v) is 11.3. The van der Waals surface area contributed by atoms with E-state index in [9.17, 15) is 18.1 Å². The van der Waals surface area contributed by atoms with Crippen molar-refractivity contribution in [3.63, 3.8) is 0 Å². The minimum atomic E-state index is -3.78. The second-order valence-corrected chi connectivity index (χ2v) is 9.04. The molecule has 3 aromatic rings. The quantitative estimate of drug-likeness (QED) is 0.359. The van der Waals surface area contributed by atoms with E-state index in [0.29, 0.717) is 11.4 Å². The number of rotatable bonds is 6. The van der Waals surface area contributed by atoms with E-state index in [-0.39, 0.29) is 21.3 Å². The van der Waals surface area contributed by atoms with Gasteiger partial charge in [-0.25, -0.2) is 8.42 Å². The summed E-state index contributed by atoms with van der Waals surface area (Å²) in [6.07, 6.45) is 0. The van der Waals surface area contributed by atoms with E-state index in [0.717, 1.165) is 11.1 Å². The summed E-state index contributed by atoms with van der Waals surface area (Å²) < 4.78 is 28.1.